The molecular formula is C25H30N8O2S. The molecule has 0 atom stereocenters. The Labute approximate surface area is 211 Å². The predicted molar refractivity (Wildman–Crippen MR) is 143 cm³/mol. The van der Waals surface area contributed by atoms with Gasteiger partial charge in [0.1, 0.15) is 0 Å². The van der Waals surface area contributed by atoms with Crippen molar-refractivity contribution in [2.45, 2.75) is 6.42 Å². The SMILES string of the molecule is CN1CCN(c2ccc(Cc3nc4c(Nc5cccnc5N(C)S(C)(=O)=O)cccn4n3)cc2)CC1. The van der Waals surface area contributed by atoms with Crippen LogP contribution in [-0.2, 0) is 16.4 Å². The molecule has 1 saturated heterocycles. The molecular weight excluding hydrogens is 476 g/mol. The summed E-state index contributed by atoms with van der Waals surface area (Å²) in [6.07, 6.45) is 5.17. The van der Waals surface area contributed by atoms with Gasteiger partial charge in [0.25, 0.3) is 0 Å². The molecule has 4 heterocycles. The number of nitrogens with one attached hydrogen (secondary N) is 1. The smallest absolute Gasteiger partial charge is 0.233 e. The number of hydrogen-bond donors (Lipinski definition) is 1. The third-order valence-electron chi connectivity index (χ3n) is 6.42. The summed E-state index contributed by atoms with van der Waals surface area (Å²) in [5.41, 5.74) is 4.30. The molecule has 1 aliphatic heterocycles. The average Bonchev–Trinajstić information content (AvgIpc) is 3.28. The first-order chi connectivity index (χ1) is 17.3. The first kappa shape index (κ1) is 24.0. The van der Waals surface area contributed by atoms with E-state index in [1.807, 2.05) is 18.3 Å². The normalized spacial score (nSPS) is 14.8. The summed E-state index contributed by atoms with van der Waals surface area (Å²) in [4.78, 5) is 13.8. The minimum Gasteiger partial charge on any atom is -0.369 e. The Bertz CT molecular complexity index is 1460. The summed E-state index contributed by atoms with van der Waals surface area (Å²) in [6.45, 7) is 4.24. The summed E-state index contributed by atoms with van der Waals surface area (Å²) >= 11 is 0. The van der Waals surface area contributed by atoms with Gasteiger partial charge >= 0.3 is 0 Å². The van der Waals surface area contributed by atoms with Crippen LogP contribution in [0.3, 0.4) is 0 Å². The topological polar surface area (TPSA) is 99.0 Å². The molecule has 0 amide bonds. The number of fused-ring (bicyclic) bond motifs is 1. The van der Waals surface area contributed by atoms with Gasteiger partial charge in [0.05, 0.1) is 17.6 Å². The lowest BCUT2D eigenvalue weighted by Gasteiger charge is -2.34. The van der Waals surface area contributed by atoms with Crippen molar-refractivity contribution in [2.24, 2.45) is 0 Å². The van der Waals surface area contributed by atoms with Gasteiger partial charge in [-0.25, -0.2) is 22.9 Å². The highest BCUT2D eigenvalue weighted by atomic mass is 32.2. The molecule has 11 heteroatoms. The van der Waals surface area contributed by atoms with Gasteiger partial charge in [-0.3, -0.25) is 4.31 Å². The zero-order valence-electron chi connectivity index (χ0n) is 20.7. The number of nitrogens with zero attached hydrogens (tertiary/aromatic N) is 7. The fourth-order valence-electron chi connectivity index (χ4n) is 4.24. The van der Waals surface area contributed by atoms with E-state index in [1.54, 1.807) is 22.8 Å². The Kier molecular flexibility index (Phi) is 6.50. The second-order valence-electron chi connectivity index (χ2n) is 9.08. The molecule has 3 aromatic heterocycles. The zero-order valence-corrected chi connectivity index (χ0v) is 21.5. The second kappa shape index (κ2) is 9.75. The number of benzene rings is 1. The maximum Gasteiger partial charge on any atom is 0.233 e. The highest BCUT2D eigenvalue weighted by Gasteiger charge is 2.19. The molecule has 1 aliphatic rings. The largest absolute Gasteiger partial charge is 0.369 e. The fraction of sp³-hybridized carbons (Fsp3) is 0.320. The van der Waals surface area contributed by atoms with Gasteiger partial charge in [-0.15, -0.1) is 0 Å². The van der Waals surface area contributed by atoms with Crippen molar-refractivity contribution < 1.29 is 8.42 Å². The van der Waals surface area contributed by atoms with Crippen molar-refractivity contribution in [1.82, 2.24) is 24.5 Å². The Morgan fingerprint density at radius 1 is 1.00 bits per heavy atom. The third kappa shape index (κ3) is 5.12. The van der Waals surface area contributed by atoms with Gasteiger partial charge in [0, 0.05) is 57.7 Å². The number of piperazine rings is 1. The summed E-state index contributed by atoms with van der Waals surface area (Å²) in [5, 5.41) is 7.95. The third-order valence-corrected chi connectivity index (χ3v) is 7.59. The molecule has 0 unspecified atom stereocenters. The summed E-state index contributed by atoms with van der Waals surface area (Å²) in [7, 11) is 0.175. The lowest BCUT2D eigenvalue weighted by Crippen LogP contribution is -2.44. The Hall–Kier alpha value is -3.70. The van der Waals surface area contributed by atoms with Crippen molar-refractivity contribution in [1.29, 1.82) is 0 Å². The number of aromatic nitrogens is 4. The number of anilines is 4. The van der Waals surface area contributed by atoms with Crippen LogP contribution in [0.15, 0.2) is 60.9 Å². The average molecular weight is 507 g/mol. The quantitative estimate of drug-likeness (QED) is 0.408. The van der Waals surface area contributed by atoms with Crippen LogP contribution in [-0.4, -0.2) is 79.4 Å². The van der Waals surface area contributed by atoms with Crippen LogP contribution >= 0.6 is 0 Å². The lowest BCUT2D eigenvalue weighted by molar-refractivity contribution is 0.313. The Morgan fingerprint density at radius 3 is 2.44 bits per heavy atom. The fourth-order valence-corrected chi connectivity index (χ4v) is 4.70. The van der Waals surface area contributed by atoms with Gasteiger partial charge in [0.15, 0.2) is 17.3 Å². The molecule has 0 bridgehead atoms. The first-order valence-electron chi connectivity index (χ1n) is 11.8. The van der Waals surface area contributed by atoms with Crippen LogP contribution in [0.25, 0.3) is 5.65 Å². The number of sulfonamides is 1. The van der Waals surface area contributed by atoms with Crippen molar-refractivity contribution in [3.05, 3.63) is 72.3 Å². The van der Waals surface area contributed by atoms with E-state index >= 15 is 0 Å². The van der Waals surface area contributed by atoms with E-state index in [9.17, 15) is 8.42 Å². The lowest BCUT2D eigenvalue weighted by atomic mass is 10.1. The molecule has 4 aromatic rings. The van der Waals surface area contributed by atoms with E-state index in [-0.39, 0.29) is 0 Å². The monoisotopic (exact) mass is 506 g/mol. The maximum absolute atomic E-state index is 12.1. The van der Waals surface area contributed by atoms with Crippen LogP contribution in [0.4, 0.5) is 22.9 Å². The molecule has 0 saturated carbocycles. The minimum atomic E-state index is -3.46. The Balaban J connectivity index is 1.36. The maximum atomic E-state index is 12.1. The predicted octanol–water partition coefficient (Wildman–Crippen LogP) is 2.61. The molecule has 1 fully saturated rings. The molecule has 1 N–H and O–H groups in total. The number of pyridine rings is 2. The molecule has 10 nitrogen and oxygen atoms in total. The van der Waals surface area contributed by atoms with Crippen molar-refractivity contribution in [2.75, 3.05) is 61.1 Å². The first-order valence-corrected chi connectivity index (χ1v) is 13.7. The number of hydrogen-bond acceptors (Lipinski definition) is 8. The van der Waals surface area contributed by atoms with Gasteiger partial charge in [-0.1, -0.05) is 12.1 Å². The van der Waals surface area contributed by atoms with E-state index in [2.05, 4.69) is 56.5 Å². The van der Waals surface area contributed by atoms with Crippen molar-refractivity contribution in [3.8, 4) is 0 Å². The van der Waals surface area contributed by atoms with Gasteiger partial charge in [0.2, 0.25) is 10.0 Å². The molecule has 0 spiro atoms. The molecule has 36 heavy (non-hydrogen) atoms. The molecule has 5 rings (SSSR count). The molecule has 0 aliphatic carbocycles. The van der Waals surface area contributed by atoms with Crippen LogP contribution < -0.4 is 14.5 Å². The van der Waals surface area contributed by atoms with Gasteiger partial charge in [-0.05, 0) is 49.0 Å². The van der Waals surface area contributed by atoms with Crippen LogP contribution in [0, 0.1) is 0 Å². The summed E-state index contributed by atoms with van der Waals surface area (Å²) < 4.78 is 27.0. The van der Waals surface area contributed by atoms with Crippen molar-refractivity contribution in [3.63, 3.8) is 0 Å². The van der Waals surface area contributed by atoms with Crippen LogP contribution in [0.1, 0.15) is 11.4 Å². The van der Waals surface area contributed by atoms with E-state index in [0.717, 1.165) is 42.3 Å². The summed E-state index contributed by atoms with van der Waals surface area (Å²) in [5.74, 6) is 1.01. The van der Waals surface area contributed by atoms with Crippen molar-refractivity contribution >= 4 is 38.6 Å². The molecule has 0 radical (unpaired) electrons. The van der Waals surface area contributed by atoms with E-state index in [0.29, 0.717) is 35.1 Å². The van der Waals surface area contributed by atoms with E-state index in [1.165, 1.54) is 12.7 Å². The van der Waals surface area contributed by atoms with E-state index in [4.69, 9.17) is 4.98 Å². The highest BCUT2D eigenvalue weighted by molar-refractivity contribution is 7.92. The zero-order chi connectivity index (χ0) is 25.3. The highest BCUT2D eigenvalue weighted by Crippen LogP contribution is 2.29. The number of likely N-dealkylation sites (N-methyl/N-ethyl adjacent to an activating group) is 1. The van der Waals surface area contributed by atoms with Gasteiger partial charge in [-0.2, -0.15) is 5.10 Å². The molecule has 1 aromatic carbocycles. The standard InChI is InChI=1S/C25H30N8O2S/c1-30-14-16-32(17-15-30)20-10-8-19(9-11-20)18-23-28-25-22(7-5-13-33(25)29-23)27-21-6-4-12-26-24(21)31(2)36(3,34)35/h4-13,27H,14-18H2,1-3H3. The number of rotatable bonds is 7. The van der Waals surface area contributed by atoms with E-state index < -0.39 is 10.0 Å². The Morgan fingerprint density at radius 2 is 1.72 bits per heavy atom. The van der Waals surface area contributed by atoms with Crippen LogP contribution in [0.5, 0.6) is 0 Å². The second-order valence-corrected chi connectivity index (χ2v) is 11.1. The summed E-state index contributed by atoms with van der Waals surface area (Å²) in [6, 6.07) is 15.9. The van der Waals surface area contributed by atoms with Gasteiger partial charge < -0.3 is 15.1 Å². The molecule has 188 valence electrons. The minimum absolute atomic E-state index is 0.308. The van der Waals surface area contributed by atoms with Crippen LogP contribution in [0.2, 0.25) is 0 Å².